The molecule has 9 heavy (non-hydrogen) atoms. The molecule has 0 heterocycles. The molecule has 0 aliphatic carbocycles. The van der Waals surface area contributed by atoms with Crippen LogP contribution < -0.4 is 0 Å². The fourth-order valence-corrected chi connectivity index (χ4v) is 0.627. The molecule has 0 radical (unpaired) electrons. The van der Waals surface area contributed by atoms with Crippen LogP contribution in [-0.2, 0) is 8.98 Å². The molecule has 0 aliphatic rings. The average molecular weight is 150 g/mol. The Bertz CT molecular complexity index is 84.3. The van der Waals surface area contributed by atoms with Crippen LogP contribution in [0.15, 0.2) is 0 Å². The number of hydrogen-bond acceptors (Lipinski definition) is 4. The predicted octanol–water partition coefficient (Wildman–Crippen LogP) is 0.580. The molecule has 0 saturated heterocycles. The molecule has 4 heteroatoms. The van der Waals surface area contributed by atoms with Gasteiger partial charge in [-0.1, -0.05) is 0 Å². The molecule has 1 N–H and O–H groups in total. The van der Waals surface area contributed by atoms with Crippen LogP contribution in [0.2, 0.25) is 0 Å². The molecule has 54 valence electrons. The van der Waals surface area contributed by atoms with Gasteiger partial charge in [-0.15, -0.1) is 0 Å². The molecule has 0 fully saturated rings. The van der Waals surface area contributed by atoms with Crippen molar-refractivity contribution in [2.45, 2.75) is 12.8 Å². The van der Waals surface area contributed by atoms with E-state index in [1.807, 2.05) is 0 Å². The second-order valence-corrected chi connectivity index (χ2v) is 1.95. The smallest absolute Gasteiger partial charge is 0.317 e. The summed E-state index contributed by atoms with van der Waals surface area (Å²) in [7, 11) is 0. The van der Waals surface area contributed by atoms with Crippen molar-refractivity contribution in [3.63, 3.8) is 0 Å². The molecule has 0 aromatic rings. The fourth-order valence-electron chi connectivity index (χ4n) is 0.358. The number of hydrogen-bond donors (Lipinski definition) is 1. The summed E-state index contributed by atoms with van der Waals surface area (Å²) in [5.41, 5.74) is 0. The Morgan fingerprint density at radius 3 is 2.89 bits per heavy atom. The van der Waals surface area contributed by atoms with Crippen molar-refractivity contribution in [2.75, 3.05) is 12.9 Å². The maximum absolute atomic E-state index is 10.4. The molecule has 0 bridgehead atoms. The van der Waals surface area contributed by atoms with Gasteiger partial charge in [-0.2, -0.15) is 0 Å². The Balaban J connectivity index is 3.06. The van der Waals surface area contributed by atoms with E-state index in [1.165, 1.54) is 0 Å². The zero-order valence-corrected chi connectivity index (χ0v) is 6.11. The molecule has 3 nitrogen and oxygen atoms in total. The van der Waals surface area contributed by atoms with E-state index in [1.54, 1.807) is 6.26 Å². The lowest BCUT2D eigenvalue weighted by Gasteiger charge is -1.95. The molecule has 0 aromatic carbocycles. The summed E-state index contributed by atoms with van der Waals surface area (Å²) >= 11 is 1.03. The second-order valence-electron chi connectivity index (χ2n) is 1.45. The molecule has 0 amide bonds. The first-order chi connectivity index (χ1) is 4.31. The summed E-state index contributed by atoms with van der Waals surface area (Å²) in [5.74, 6) is -0.267. The topological polar surface area (TPSA) is 46.5 Å². The molecule has 0 spiro atoms. The highest BCUT2D eigenvalue weighted by Gasteiger charge is 1.99. The van der Waals surface area contributed by atoms with Gasteiger partial charge in [0, 0.05) is 19.3 Å². The minimum absolute atomic E-state index is 0.0451. The van der Waals surface area contributed by atoms with Gasteiger partial charge >= 0.3 is 5.97 Å². The van der Waals surface area contributed by atoms with E-state index in [2.05, 4.69) is 4.18 Å². The Morgan fingerprint density at radius 2 is 2.44 bits per heavy atom. The van der Waals surface area contributed by atoms with Gasteiger partial charge in [0.15, 0.2) is 0 Å². The lowest BCUT2D eigenvalue weighted by Crippen LogP contribution is -1.98. The van der Waals surface area contributed by atoms with Crippen LogP contribution in [0, 0.1) is 0 Å². The van der Waals surface area contributed by atoms with E-state index in [9.17, 15) is 4.79 Å². The molecule has 0 aromatic heterocycles. The molecule has 0 aliphatic heterocycles. The molecule has 0 saturated carbocycles. The van der Waals surface area contributed by atoms with Crippen molar-refractivity contribution in [3.8, 4) is 0 Å². The van der Waals surface area contributed by atoms with Crippen LogP contribution in [0.1, 0.15) is 12.8 Å². The second kappa shape index (κ2) is 5.91. The third-order valence-electron chi connectivity index (χ3n) is 0.715. The highest BCUT2D eigenvalue weighted by Crippen LogP contribution is 1.99. The van der Waals surface area contributed by atoms with Gasteiger partial charge < -0.3 is 9.29 Å². The van der Waals surface area contributed by atoms with E-state index in [-0.39, 0.29) is 12.6 Å². The third kappa shape index (κ3) is 5.65. The van der Waals surface area contributed by atoms with Crippen LogP contribution in [0.4, 0.5) is 0 Å². The third-order valence-corrected chi connectivity index (χ3v) is 1.07. The molecular weight excluding hydrogens is 140 g/mol. The minimum atomic E-state index is -0.267. The van der Waals surface area contributed by atoms with Gasteiger partial charge in [-0.3, -0.25) is 4.79 Å². The molecule has 0 rings (SSSR count). The van der Waals surface area contributed by atoms with Gasteiger partial charge in [0.25, 0.3) is 0 Å². The van der Waals surface area contributed by atoms with Crippen LogP contribution in [0.25, 0.3) is 0 Å². The van der Waals surface area contributed by atoms with Gasteiger partial charge in [0.05, 0.1) is 12.0 Å². The van der Waals surface area contributed by atoms with Gasteiger partial charge in [-0.05, 0) is 6.42 Å². The number of rotatable bonds is 4. The SMILES string of the molecule is CSOC(=O)CCCO. The van der Waals surface area contributed by atoms with Crippen LogP contribution in [0.5, 0.6) is 0 Å². The van der Waals surface area contributed by atoms with Crippen LogP contribution in [0.3, 0.4) is 0 Å². The maximum atomic E-state index is 10.4. The van der Waals surface area contributed by atoms with Crippen LogP contribution >= 0.6 is 12.0 Å². The van der Waals surface area contributed by atoms with Crippen LogP contribution in [-0.4, -0.2) is 23.9 Å². The first kappa shape index (κ1) is 8.78. The highest BCUT2D eigenvalue weighted by molar-refractivity contribution is 7.94. The van der Waals surface area contributed by atoms with E-state index in [0.717, 1.165) is 12.0 Å². The minimum Gasteiger partial charge on any atom is -0.396 e. The summed E-state index contributed by atoms with van der Waals surface area (Å²) < 4.78 is 4.51. The van der Waals surface area contributed by atoms with Crippen molar-refractivity contribution in [2.24, 2.45) is 0 Å². The lowest BCUT2D eigenvalue weighted by molar-refractivity contribution is -0.133. The number of carbonyl (C=O) groups is 1. The zero-order chi connectivity index (χ0) is 7.11. The van der Waals surface area contributed by atoms with Gasteiger partial charge in [0.1, 0.15) is 0 Å². The summed E-state index contributed by atoms with van der Waals surface area (Å²) in [4.78, 5) is 10.4. The first-order valence-electron chi connectivity index (χ1n) is 2.65. The Labute approximate surface area is 58.6 Å². The Kier molecular flexibility index (Phi) is 5.76. The Morgan fingerprint density at radius 1 is 1.78 bits per heavy atom. The van der Waals surface area contributed by atoms with Gasteiger partial charge in [-0.25, -0.2) is 0 Å². The lowest BCUT2D eigenvalue weighted by atomic mass is 10.3. The first-order valence-corrected chi connectivity index (χ1v) is 3.80. The van der Waals surface area contributed by atoms with E-state index in [0.29, 0.717) is 12.8 Å². The van der Waals surface area contributed by atoms with E-state index in [4.69, 9.17) is 5.11 Å². The number of carbonyl (C=O) groups excluding carboxylic acids is 1. The number of aliphatic hydroxyl groups is 1. The molecule has 0 atom stereocenters. The summed E-state index contributed by atoms with van der Waals surface area (Å²) in [6, 6.07) is 0. The molecule has 0 unspecified atom stereocenters. The fraction of sp³-hybridized carbons (Fsp3) is 0.800. The largest absolute Gasteiger partial charge is 0.396 e. The maximum Gasteiger partial charge on any atom is 0.317 e. The van der Waals surface area contributed by atoms with E-state index < -0.39 is 0 Å². The normalized spacial score (nSPS) is 9.11. The van der Waals surface area contributed by atoms with Crippen molar-refractivity contribution in [3.05, 3.63) is 0 Å². The van der Waals surface area contributed by atoms with Crippen molar-refractivity contribution in [1.29, 1.82) is 0 Å². The van der Waals surface area contributed by atoms with Crippen molar-refractivity contribution < 1.29 is 14.1 Å². The molecular formula is C5H10O3S. The predicted molar refractivity (Wildman–Crippen MR) is 35.9 cm³/mol. The standard InChI is InChI=1S/C5H10O3S/c1-9-8-5(7)3-2-4-6/h6H,2-4H2,1H3. The Hall–Kier alpha value is -0.220. The quantitative estimate of drug-likeness (QED) is 0.595. The van der Waals surface area contributed by atoms with Crippen molar-refractivity contribution >= 4 is 18.0 Å². The highest BCUT2D eigenvalue weighted by atomic mass is 32.2. The number of aliphatic hydroxyl groups excluding tert-OH is 1. The summed E-state index contributed by atoms with van der Waals surface area (Å²) in [5, 5.41) is 8.27. The van der Waals surface area contributed by atoms with Crippen molar-refractivity contribution in [1.82, 2.24) is 0 Å². The summed E-state index contributed by atoms with van der Waals surface area (Å²) in [6.07, 6.45) is 2.47. The average Bonchev–Trinajstić information content (AvgIpc) is 1.85. The summed E-state index contributed by atoms with van der Waals surface area (Å²) in [6.45, 7) is 0.0451. The zero-order valence-electron chi connectivity index (χ0n) is 5.29. The van der Waals surface area contributed by atoms with Gasteiger partial charge in [0.2, 0.25) is 0 Å². The monoisotopic (exact) mass is 150 g/mol. The van der Waals surface area contributed by atoms with E-state index >= 15 is 0 Å².